The van der Waals surface area contributed by atoms with Gasteiger partial charge >= 0.3 is 0 Å². The predicted molar refractivity (Wildman–Crippen MR) is 76.2 cm³/mol. The van der Waals surface area contributed by atoms with E-state index in [1.54, 1.807) is 32.1 Å². The fourth-order valence-corrected chi connectivity index (χ4v) is 5.07. The van der Waals surface area contributed by atoms with Crippen molar-refractivity contribution in [3.8, 4) is 0 Å². The molecule has 2 aliphatic rings. The molecule has 2 rings (SSSR count). The van der Waals surface area contributed by atoms with Crippen molar-refractivity contribution in [2.24, 2.45) is 16.7 Å². The Morgan fingerprint density at radius 1 is 1.00 bits per heavy atom. The average molecular weight is 236 g/mol. The molecule has 0 N–H and O–H groups in total. The second-order valence-corrected chi connectivity index (χ2v) is 7.02. The highest BCUT2D eigenvalue weighted by Gasteiger charge is 2.53. The van der Waals surface area contributed by atoms with Gasteiger partial charge < -0.3 is 0 Å². The van der Waals surface area contributed by atoms with Gasteiger partial charge in [0.05, 0.1) is 0 Å². The van der Waals surface area contributed by atoms with Crippen LogP contribution >= 0.6 is 0 Å². The summed E-state index contributed by atoms with van der Waals surface area (Å²) in [5.41, 5.74) is 1.55. The normalized spacial score (nSPS) is 40.8. The first kappa shape index (κ1) is 13.4. The molecule has 0 aromatic rings. The number of fused-ring (bicyclic) bond motifs is 2. The third-order valence-electron chi connectivity index (χ3n) is 6.17. The summed E-state index contributed by atoms with van der Waals surface area (Å²) in [5.74, 6) is 1.06. The van der Waals surface area contributed by atoms with Gasteiger partial charge in [-0.3, -0.25) is 0 Å². The Balaban J connectivity index is 2.06. The largest absolute Gasteiger partial charge is 0.0654 e. The molecule has 0 aromatic carbocycles. The van der Waals surface area contributed by atoms with Gasteiger partial charge in [0.15, 0.2) is 0 Å². The van der Waals surface area contributed by atoms with Gasteiger partial charge in [-0.05, 0) is 55.3 Å². The van der Waals surface area contributed by atoms with Crippen LogP contribution in [0.5, 0.6) is 0 Å². The standard InChI is InChI=1S/C17H32/c1-4-7-10-16-11-9-15(8-5-2)17(6-3,14-16)13-12-16/h15H,4-14H2,1-3H3. The minimum Gasteiger partial charge on any atom is -0.0654 e. The Hall–Kier alpha value is 0. The second kappa shape index (κ2) is 5.33. The lowest BCUT2D eigenvalue weighted by Gasteiger charge is -2.45. The molecule has 0 nitrogen and oxygen atoms in total. The first-order chi connectivity index (χ1) is 8.20. The topological polar surface area (TPSA) is 0 Å². The quantitative estimate of drug-likeness (QED) is 0.534. The number of hydrogen-bond donors (Lipinski definition) is 0. The Morgan fingerprint density at radius 2 is 1.82 bits per heavy atom. The minimum absolute atomic E-state index is 0.766. The minimum atomic E-state index is 0.766. The molecule has 0 spiro atoms. The van der Waals surface area contributed by atoms with Crippen molar-refractivity contribution in [2.75, 3.05) is 0 Å². The smallest absolute Gasteiger partial charge is 0.0266 e. The molecule has 0 saturated heterocycles. The van der Waals surface area contributed by atoms with Gasteiger partial charge in [-0.1, -0.05) is 52.9 Å². The molecule has 0 aliphatic heterocycles. The molecule has 2 aliphatic carbocycles. The van der Waals surface area contributed by atoms with E-state index in [2.05, 4.69) is 20.8 Å². The molecule has 2 fully saturated rings. The van der Waals surface area contributed by atoms with Gasteiger partial charge in [0, 0.05) is 0 Å². The fourth-order valence-electron chi connectivity index (χ4n) is 5.07. The summed E-state index contributed by atoms with van der Waals surface area (Å²) in [7, 11) is 0. The van der Waals surface area contributed by atoms with Crippen LogP contribution in [0, 0.1) is 16.7 Å². The van der Waals surface area contributed by atoms with E-state index in [1.807, 2.05) is 0 Å². The van der Waals surface area contributed by atoms with Crippen LogP contribution in [0.1, 0.15) is 91.4 Å². The van der Waals surface area contributed by atoms with Crippen LogP contribution in [0.15, 0.2) is 0 Å². The van der Waals surface area contributed by atoms with Crippen LogP contribution in [0.25, 0.3) is 0 Å². The molecule has 0 aromatic heterocycles. The molecule has 3 atom stereocenters. The number of unbranched alkanes of at least 4 members (excludes halogenated alkanes) is 1. The SMILES string of the molecule is CCCCC12CCC(CCC)C(CC)(CC1)C2. The summed E-state index contributed by atoms with van der Waals surface area (Å²) in [4.78, 5) is 0. The predicted octanol–water partition coefficient (Wildman–Crippen LogP) is 5.95. The molecular formula is C17H32. The van der Waals surface area contributed by atoms with Crippen molar-refractivity contribution >= 4 is 0 Å². The van der Waals surface area contributed by atoms with E-state index in [0.29, 0.717) is 0 Å². The van der Waals surface area contributed by atoms with E-state index in [4.69, 9.17) is 0 Å². The highest BCUT2D eigenvalue weighted by molar-refractivity contribution is 5.04. The van der Waals surface area contributed by atoms with Crippen LogP contribution < -0.4 is 0 Å². The van der Waals surface area contributed by atoms with Crippen molar-refractivity contribution in [3.63, 3.8) is 0 Å². The van der Waals surface area contributed by atoms with Crippen LogP contribution in [0.2, 0.25) is 0 Å². The third kappa shape index (κ3) is 2.42. The molecule has 3 unspecified atom stereocenters. The lowest BCUT2D eigenvalue weighted by atomic mass is 9.60. The van der Waals surface area contributed by atoms with E-state index in [9.17, 15) is 0 Å². The van der Waals surface area contributed by atoms with E-state index in [-0.39, 0.29) is 0 Å². The monoisotopic (exact) mass is 236 g/mol. The third-order valence-corrected chi connectivity index (χ3v) is 6.17. The van der Waals surface area contributed by atoms with Gasteiger partial charge in [-0.25, -0.2) is 0 Å². The van der Waals surface area contributed by atoms with Crippen molar-refractivity contribution in [2.45, 2.75) is 91.4 Å². The molecular weight excluding hydrogens is 204 g/mol. The lowest BCUT2D eigenvalue weighted by Crippen LogP contribution is -2.35. The summed E-state index contributed by atoms with van der Waals surface area (Å²) in [6.45, 7) is 7.18. The van der Waals surface area contributed by atoms with Gasteiger partial charge in [0.1, 0.15) is 0 Å². The molecule has 0 heterocycles. The van der Waals surface area contributed by atoms with Crippen LogP contribution in [-0.2, 0) is 0 Å². The van der Waals surface area contributed by atoms with E-state index in [0.717, 1.165) is 16.7 Å². The highest BCUT2D eigenvalue weighted by atomic mass is 14.6. The Kier molecular flexibility index (Phi) is 4.21. The summed E-state index contributed by atoms with van der Waals surface area (Å²) in [6, 6.07) is 0. The maximum absolute atomic E-state index is 2.46. The van der Waals surface area contributed by atoms with Gasteiger partial charge in [0.25, 0.3) is 0 Å². The molecule has 2 bridgehead atoms. The van der Waals surface area contributed by atoms with E-state index in [1.165, 1.54) is 38.5 Å². The van der Waals surface area contributed by atoms with Crippen molar-refractivity contribution in [1.82, 2.24) is 0 Å². The summed E-state index contributed by atoms with van der Waals surface area (Å²) < 4.78 is 0. The molecule has 0 amide bonds. The van der Waals surface area contributed by atoms with E-state index >= 15 is 0 Å². The second-order valence-electron chi connectivity index (χ2n) is 7.02. The van der Waals surface area contributed by atoms with Crippen LogP contribution in [-0.4, -0.2) is 0 Å². The highest BCUT2D eigenvalue weighted by Crippen LogP contribution is 2.64. The number of hydrogen-bond acceptors (Lipinski definition) is 0. The Bertz CT molecular complexity index is 244. The lowest BCUT2D eigenvalue weighted by molar-refractivity contribution is 0.0520. The summed E-state index contributed by atoms with van der Waals surface area (Å²) in [5, 5.41) is 0. The summed E-state index contributed by atoms with van der Waals surface area (Å²) in [6.07, 6.45) is 16.5. The molecule has 0 heteroatoms. The Morgan fingerprint density at radius 3 is 2.47 bits per heavy atom. The zero-order chi connectivity index (χ0) is 12.4. The molecule has 2 saturated carbocycles. The van der Waals surface area contributed by atoms with Crippen molar-refractivity contribution in [1.29, 1.82) is 0 Å². The zero-order valence-corrected chi connectivity index (χ0v) is 12.4. The molecule has 17 heavy (non-hydrogen) atoms. The maximum Gasteiger partial charge on any atom is -0.0266 e. The molecule has 0 radical (unpaired) electrons. The fraction of sp³-hybridized carbons (Fsp3) is 1.00. The van der Waals surface area contributed by atoms with Crippen molar-refractivity contribution < 1.29 is 0 Å². The maximum atomic E-state index is 2.46. The van der Waals surface area contributed by atoms with Crippen molar-refractivity contribution in [3.05, 3.63) is 0 Å². The summed E-state index contributed by atoms with van der Waals surface area (Å²) >= 11 is 0. The van der Waals surface area contributed by atoms with Gasteiger partial charge in [-0.2, -0.15) is 0 Å². The first-order valence-electron chi connectivity index (χ1n) is 8.20. The number of rotatable bonds is 6. The van der Waals surface area contributed by atoms with Gasteiger partial charge in [-0.15, -0.1) is 0 Å². The van der Waals surface area contributed by atoms with E-state index < -0.39 is 0 Å². The average Bonchev–Trinajstić information content (AvgIpc) is 2.67. The first-order valence-corrected chi connectivity index (χ1v) is 8.20. The van der Waals surface area contributed by atoms with Gasteiger partial charge in [0.2, 0.25) is 0 Å². The van der Waals surface area contributed by atoms with Crippen LogP contribution in [0.4, 0.5) is 0 Å². The molecule has 100 valence electrons. The van der Waals surface area contributed by atoms with Crippen LogP contribution in [0.3, 0.4) is 0 Å². The Labute approximate surface area is 109 Å². The zero-order valence-electron chi connectivity index (χ0n) is 12.4.